The summed E-state index contributed by atoms with van der Waals surface area (Å²) in [5.41, 5.74) is -3.84. The summed E-state index contributed by atoms with van der Waals surface area (Å²) >= 11 is 0. The second-order valence-electron chi connectivity index (χ2n) is 28.8. The maximum absolute atomic E-state index is 15.5. The molecule has 34 atom stereocenters. The number of fused-ring (bicyclic) bond motifs is 5. The molecular formula is C61H102O29. The Labute approximate surface area is 522 Å². The highest BCUT2D eigenvalue weighted by Crippen LogP contribution is 2.74. The summed E-state index contributed by atoms with van der Waals surface area (Å²) in [6.45, 7) is 11.3. The van der Waals surface area contributed by atoms with Crippen LogP contribution in [0.15, 0.2) is 11.6 Å². The van der Waals surface area contributed by atoms with Crippen LogP contribution in [0.3, 0.4) is 0 Å². The highest BCUT2D eigenvalue weighted by atomic mass is 16.8. The lowest BCUT2D eigenvalue weighted by atomic mass is 9.38. The molecule has 0 aromatic heterocycles. The first-order chi connectivity index (χ1) is 42.2. The Morgan fingerprint density at radius 2 is 1.04 bits per heavy atom. The lowest BCUT2D eigenvalue weighted by molar-refractivity contribution is -0.380. The summed E-state index contributed by atoms with van der Waals surface area (Å²) in [6, 6.07) is 0. The normalized spacial score (nSPS) is 50.5. The van der Waals surface area contributed by atoms with E-state index in [1.54, 1.807) is 6.92 Å². The Morgan fingerprint density at radius 1 is 0.567 bits per heavy atom. The fourth-order valence-corrected chi connectivity index (χ4v) is 17.0. The van der Waals surface area contributed by atoms with Gasteiger partial charge in [0.2, 0.25) is 0 Å². The molecule has 0 bridgehead atoms. The van der Waals surface area contributed by atoms with Gasteiger partial charge in [-0.3, -0.25) is 4.79 Å². The highest BCUT2D eigenvalue weighted by Gasteiger charge is 2.72. The van der Waals surface area contributed by atoms with E-state index >= 15 is 4.79 Å². The first kappa shape index (κ1) is 72.6. The van der Waals surface area contributed by atoms with Crippen molar-refractivity contribution in [3.63, 3.8) is 0 Å². The smallest absolute Gasteiger partial charge is 0.187 e. The lowest BCUT2D eigenvalue weighted by Gasteiger charge is -2.65. The molecule has 5 heterocycles. The molecule has 3 saturated carbocycles. The third-order valence-electron chi connectivity index (χ3n) is 23.0. The van der Waals surface area contributed by atoms with Gasteiger partial charge in [-0.05, 0) is 93.3 Å². The van der Waals surface area contributed by atoms with E-state index in [9.17, 15) is 91.9 Å². The maximum atomic E-state index is 15.5. The fraction of sp³-hybridized carbons (Fsp3) is 0.951. The number of aliphatic hydroxyl groups excluding tert-OH is 17. The molecule has 0 amide bonds. The van der Waals surface area contributed by atoms with Crippen LogP contribution in [0.5, 0.6) is 0 Å². The third kappa shape index (κ3) is 12.9. The molecule has 0 unspecified atom stereocenters. The lowest BCUT2D eigenvalue weighted by Crippen LogP contribution is -2.66. The van der Waals surface area contributed by atoms with Crippen LogP contribution >= 0.6 is 0 Å². The predicted octanol–water partition coefficient (Wildman–Crippen LogP) is -4.95. The number of Topliss-reactive ketones (excluding diaryl/α,β-unsaturated/α-hetero) is 1. The van der Waals surface area contributed by atoms with Gasteiger partial charge in [-0.25, -0.2) is 0 Å². The van der Waals surface area contributed by atoms with Crippen LogP contribution in [0.4, 0.5) is 0 Å². The van der Waals surface area contributed by atoms with Crippen molar-refractivity contribution in [2.75, 3.05) is 39.6 Å². The Balaban J connectivity index is 0.894. The molecule has 0 spiro atoms. The topological polar surface area (TPSA) is 474 Å². The number of ketones is 1. The summed E-state index contributed by atoms with van der Waals surface area (Å²) in [4.78, 5) is 15.5. The molecule has 8 fully saturated rings. The van der Waals surface area contributed by atoms with E-state index in [1.165, 1.54) is 13.8 Å². The number of ether oxygens (including phenoxy) is 10. The molecule has 0 aromatic carbocycles. The van der Waals surface area contributed by atoms with E-state index < -0.39 is 238 Å². The highest BCUT2D eigenvalue weighted by molar-refractivity contribution is 5.89. The van der Waals surface area contributed by atoms with Gasteiger partial charge in [0, 0.05) is 17.8 Å². The molecule has 0 aromatic rings. The van der Waals surface area contributed by atoms with Crippen molar-refractivity contribution in [3.8, 4) is 0 Å². The number of hydrogen-bond acceptors (Lipinski definition) is 29. The van der Waals surface area contributed by atoms with E-state index in [0.717, 1.165) is 18.4 Å². The third-order valence-corrected chi connectivity index (χ3v) is 23.0. The zero-order valence-corrected chi connectivity index (χ0v) is 52.4. The number of hydrogen-bond donors (Lipinski definition) is 18. The first-order valence-electron chi connectivity index (χ1n) is 31.9. The van der Waals surface area contributed by atoms with Crippen LogP contribution in [0, 0.1) is 51.2 Å². The van der Waals surface area contributed by atoms with E-state index in [-0.39, 0.29) is 36.4 Å². The minimum atomic E-state index is -1.95. The van der Waals surface area contributed by atoms with Crippen LogP contribution < -0.4 is 0 Å². The second kappa shape index (κ2) is 28.0. The summed E-state index contributed by atoms with van der Waals surface area (Å²) in [7, 11) is 0. The zero-order valence-electron chi connectivity index (χ0n) is 52.4. The number of carbonyl (C=O) groups is 1. The van der Waals surface area contributed by atoms with Crippen LogP contribution in [0.25, 0.3) is 0 Å². The van der Waals surface area contributed by atoms with Crippen LogP contribution in [-0.4, -0.2) is 303 Å². The second-order valence-corrected chi connectivity index (χ2v) is 28.8. The molecule has 9 aliphatic rings. The average Bonchev–Trinajstić information content (AvgIpc) is 1.29. The van der Waals surface area contributed by atoms with E-state index in [4.69, 9.17) is 47.4 Å². The first-order valence-corrected chi connectivity index (χ1v) is 31.9. The quantitative estimate of drug-likeness (QED) is 0.0479. The monoisotopic (exact) mass is 1300 g/mol. The van der Waals surface area contributed by atoms with E-state index in [2.05, 4.69) is 26.8 Å². The molecular weight excluding hydrogens is 1200 g/mol. The fourth-order valence-electron chi connectivity index (χ4n) is 17.0. The van der Waals surface area contributed by atoms with Gasteiger partial charge >= 0.3 is 0 Å². The van der Waals surface area contributed by atoms with Crippen LogP contribution in [0.2, 0.25) is 0 Å². The summed E-state index contributed by atoms with van der Waals surface area (Å²) in [5, 5.41) is 194. The van der Waals surface area contributed by atoms with Crippen molar-refractivity contribution in [3.05, 3.63) is 11.6 Å². The van der Waals surface area contributed by atoms with Crippen molar-refractivity contribution >= 4 is 5.78 Å². The number of carbonyl (C=O) groups excluding carboxylic acids is 1. The summed E-state index contributed by atoms with van der Waals surface area (Å²) < 4.78 is 59.6. The van der Waals surface area contributed by atoms with Crippen molar-refractivity contribution in [1.82, 2.24) is 0 Å². The van der Waals surface area contributed by atoms with Crippen molar-refractivity contribution in [2.24, 2.45) is 51.2 Å². The summed E-state index contributed by atoms with van der Waals surface area (Å²) in [5.74, 6) is -1.63. The van der Waals surface area contributed by atoms with Gasteiger partial charge in [-0.15, -0.1) is 0 Å². The number of rotatable bonds is 21. The molecule has 5 aliphatic heterocycles. The standard InChI is InChI=1S/C61H102O29/c1-24(9-13-37(58(5,6)80)89-56-51(90-55-50(79)44(73)40(69)31(20-64)85-55)46(75)42(71)33(87-56)22-81-52-47(76)38(67)25(2)29(18-62)83-52)26-15-16-59(7)34-12-10-27-28(61(34,23-65)35(66)17-60(26,59)8)11-14-36(57(27,3)4)88-54-49(78)45(74)41(70)32(86-54)21-82-53-48(77)43(72)39(68)30(19-63)84-53/h10,24-26,28-34,36-56,62-65,67-80H,9,11-23H2,1-8H3/t24-,25-,26-,28-,29-,30-,31-,32-,33-,34+,36+,37-,38+,39-,40-,41-,42-,43+,44+,45+,46+,47-,48-,49-,50-,51-,52-,53-,54+,55+,56+,59+,60-,61+/m1/s1. The maximum Gasteiger partial charge on any atom is 0.187 e. The predicted molar refractivity (Wildman–Crippen MR) is 304 cm³/mol. The Bertz CT molecular complexity index is 2410. The van der Waals surface area contributed by atoms with Crippen molar-refractivity contribution in [1.29, 1.82) is 0 Å². The van der Waals surface area contributed by atoms with Crippen molar-refractivity contribution in [2.45, 2.75) is 272 Å². The summed E-state index contributed by atoms with van der Waals surface area (Å²) in [6.07, 6.45) is -35.4. The zero-order chi connectivity index (χ0) is 66.2. The largest absolute Gasteiger partial charge is 0.395 e. The molecule has 18 N–H and O–H groups in total. The molecule has 9 rings (SSSR count). The van der Waals surface area contributed by atoms with Crippen molar-refractivity contribution < 1.29 is 144 Å². The van der Waals surface area contributed by atoms with Gasteiger partial charge in [-0.2, -0.15) is 0 Å². The molecule has 5 saturated heterocycles. The molecule has 4 aliphatic carbocycles. The van der Waals surface area contributed by atoms with E-state index in [0.29, 0.717) is 25.7 Å². The van der Waals surface area contributed by atoms with Crippen LogP contribution in [-0.2, 0) is 52.2 Å². The van der Waals surface area contributed by atoms with Gasteiger partial charge in [0.25, 0.3) is 0 Å². The van der Waals surface area contributed by atoms with Gasteiger partial charge < -0.3 is 139 Å². The molecule has 520 valence electrons. The minimum absolute atomic E-state index is 0.0604. The minimum Gasteiger partial charge on any atom is -0.395 e. The number of allylic oxidation sites excluding steroid dienone is 1. The molecule has 29 nitrogen and oxygen atoms in total. The SMILES string of the molecule is C[C@H]1[C@H](O)[C@@H](O)[C@H](OC[C@H]2O[C@@H](O[C@H](CC[C@@H](C)[C@H]3CC[C@@]4(C)[C@@H]5CC=C6[C@@H](CC[C@H](O[C@@H]7O[C@H](CO[C@@H]8O[C@H](CO)[C@@H](O)[C@H](O)[C@H]8O)[C@@H](O)[C@H](O)[C@H]7O)C6(C)C)[C@]5(CO)C(=O)C[C@]34C)C(C)(C)O)[C@H](O[C@@H]3O[C@H](CO)[C@@H](O)[C@H](O)[C@H]3O)[C@@H](O)[C@@H]2O)O[C@@H]1CO. The van der Waals surface area contributed by atoms with Gasteiger partial charge in [0.1, 0.15) is 110 Å². The Kier molecular flexibility index (Phi) is 22.6. The van der Waals surface area contributed by atoms with Crippen LogP contribution in [0.1, 0.15) is 107 Å². The number of aliphatic hydroxyl groups is 18. The Morgan fingerprint density at radius 3 is 1.59 bits per heavy atom. The molecule has 29 heteroatoms. The molecule has 0 radical (unpaired) electrons. The van der Waals surface area contributed by atoms with Gasteiger partial charge in [-0.1, -0.05) is 53.2 Å². The van der Waals surface area contributed by atoms with Gasteiger partial charge in [0.05, 0.1) is 75.1 Å². The average molecular weight is 1300 g/mol. The van der Waals surface area contributed by atoms with E-state index in [1.807, 2.05) is 13.8 Å². The van der Waals surface area contributed by atoms with Gasteiger partial charge in [0.15, 0.2) is 31.5 Å². The Hall–Kier alpha value is -1.71. The molecule has 90 heavy (non-hydrogen) atoms.